The van der Waals surface area contributed by atoms with Crippen molar-refractivity contribution >= 4 is 29.1 Å². The molecule has 0 spiro atoms. The van der Waals surface area contributed by atoms with Gasteiger partial charge in [0.25, 0.3) is 5.91 Å². The number of amides is 1. The summed E-state index contributed by atoms with van der Waals surface area (Å²) >= 11 is 11.9. The van der Waals surface area contributed by atoms with Gasteiger partial charge < -0.3 is 9.64 Å². The van der Waals surface area contributed by atoms with Crippen LogP contribution in [0.15, 0.2) is 72.8 Å². The van der Waals surface area contributed by atoms with Crippen molar-refractivity contribution in [3.05, 3.63) is 99.5 Å². The Hall–Kier alpha value is -2.53. The van der Waals surface area contributed by atoms with Gasteiger partial charge in [-0.3, -0.25) is 9.69 Å². The number of ether oxygens (including phenoxy) is 1. The molecule has 0 atom stereocenters. The Bertz CT molecular complexity index is 1010. The summed E-state index contributed by atoms with van der Waals surface area (Å²) in [5.41, 5.74) is 2.89. The van der Waals surface area contributed by atoms with Crippen LogP contribution >= 0.6 is 23.2 Å². The zero-order valence-electron chi connectivity index (χ0n) is 17.1. The van der Waals surface area contributed by atoms with Crippen molar-refractivity contribution in [1.82, 2.24) is 9.80 Å². The molecule has 4 nitrogen and oxygen atoms in total. The Morgan fingerprint density at radius 1 is 0.806 bits per heavy atom. The third kappa shape index (κ3) is 6.01. The Morgan fingerprint density at radius 2 is 1.45 bits per heavy atom. The first kappa shape index (κ1) is 21.7. The van der Waals surface area contributed by atoms with Crippen molar-refractivity contribution in [2.24, 2.45) is 0 Å². The molecular formula is C25H24Cl2N2O2. The van der Waals surface area contributed by atoms with Gasteiger partial charge in [0, 0.05) is 48.3 Å². The predicted octanol–water partition coefficient (Wildman–Crippen LogP) is 5.53. The molecule has 0 bridgehead atoms. The number of benzene rings is 3. The van der Waals surface area contributed by atoms with Crippen LogP contribution in [0.25, 0.3) is 0 Å². The van der Waals surface area contributed by atoms with Crippen LogP contribution < -0.4 is 4.74 Å². The highest BCUT2D eigenvalue weighted by Gasteiger charge is 2.22. The van der Waals surface area contributed by atoms with Crippen molar-refractivity contribution in [3.63, 3.8) is 0 Å². The molecule has 1 amide bonds. The molecule has 1 fully saturated rings. The molecule has 0 radical (unpaired) electrons. The molecule has 1 aliphatic heterocycles. The van der Waals surface area contributed by atoms with Crippen LogP contribution in [0.1, 0.15) is 21.5 Å². The monoisotopic (exact) mass is 454 g/mol. The maximum Gasteiger partial charge on any atom is 0.253 e. The lowest BCUT2D eigenvalue weighted by Gasteiger charge is -2.34. The minimum Gasteiger partial charge on any atom is -0.489 e. The Kier molecular flexibility index (Phi) is 7.13. The van der Waals surface area contributed by atoms with Crippen molar-refractivity contribution in [1.29, 1.82) is 0 Å². The molecule has 160 valence electrons. The van der Waals surface area contributed by atoms with Gasteiger partial charge in [0.05, 0.1) is 0 Å². The van der Waals surface area contributed by atoms with Crippen LogP contribution in [0.5, 0.6) is 5.75 Å². The molecular weight excluding hydrogens is 431 g/mol. The lowest BCUT2D eigenvalue weighted by Crippen LogP contribution is -2.48. The summed E-state index contributed by atoms with van der Waals surface area (Å²) in [4.78, 5) is 17.3. The zero-order valence-corrected chi connectivity index (χ0v) is 18.6. The highest BCUT2D eigenvalue weighted by atomic mass is 35.5. The first-order chi connectivity index (χ1) is 15.1. The van der Waals surface area contributed by atoms with E-state index >= 15 is 0 Å². The lowest BCUT2D eigenvalue weighted by atomic mass is 10.1. The van der Waals surface area contributed by atoms with Crippen molar-refractivity contribution < 1.29 is 9.53 Å². The number of halogens is 2. The SMILES string of the molecule is O=C(c1cccc(COc2ccc(Cl)cc2)c1)N1CCN(Cc2ccc(Cl)cc2)CC1. The van der Waals surface area contributed by atoms with Gasteiger partial charge in [-0.25, -0.2) is 0 Å². The van der Waals surface area contributed by atoms with E-state index in [1.165, 1.54) is 5.56 Å². The summed E-state index contributed by atoms with van der Waals surface area (Å²) < 4.78 is 5.81. The van der Waals surface area contributed by atoms with E-state index < -0.39 is 0 Å². The van der Waals surface area contributed by atoms with E-state index in [0.717, 1.165) is 49.1 Å². The van der Waals surface area contributed by atoms with Gasteiger partial charge in [0.15, 0.2) is 0 Å². The summed E-state index contributed by atoms with van der Waals surface area (Å²) in [5.74, 6) is 0.817. The topological polar surface area (TPSA) is 32.8 Å². The average Bonchev–Trinajstić information content (AvgIpc) is 2.80. The van der Waals surface area contributed by atoms with Crippen molar-refractivity contribution in [2.75, 3.05) is 26.2 Å². The largest absolute Gasteiger partial charge is 0.489 e. The highest BCUT2D eigenvalue weighted by Crippen LogP contribution is 2.18. The second kappa shape index (κ2) is 10.2. The smallest absolute Gasteiger partial charge is 0.253 e. The summed E-state index contributed by atoms with van der Waals surface area (Å²) in [5, 5.41) is 1.42. The minimum atomic E-state index is 0.0690. The lowest BCUT2D eigenvalue weighted by molar-refractivity contribution is 0.0628. The maximum absolute atomic E-state index is 13.0. The summed E-state index contributed by atoms with van der Waals surface area (Å²) in [6, 6.07) is 22.9. The van der Waals surface area contributed by atoms with E-state index in [2.05, 4.69) is 17.0 Å². The van der Waals surface area contributed by atoms with Gasteiger partial charge >= 0.3 is 0 Å². The highest BCUT2D eigenvalue weighted by molar-refractivity contribution is 6.30. The number of nitrogens with zero attached hydrogens (tertiary/aromatic N) is 2. The molecule has 0 saturated carbocycles. The quantitative estimate of drug-likeness (QED) is 0.490. The molecule has 0 aromatic heterocycles. The minimum absolute atomic E-state index is 0.0690. The fraction of sp³-hybridized carbons (Fsp3) is 0.240. The molecule has 31 heavy (non-hydrogen) atoms. The third-order valence-corrected chi connectivity index (χ3v) is 5.88. The van der Waals surface area contributed by atoms with E-state index in [1.807, 2.05) is 53.4 Å². The maximum atomic E-state index is 13.0. The van der Waals surface area contributed by atoms with Crippen LogP contribution in [0, 0.1) is 0 Å². The Morgan fingerprint density at radius 3 is 2.13 bits per heavy atom. The number of hydrogen-bond acceptors (Lipinski definition) is 3. The van der Waals surface area contributed by atoms with Gasteiger partial charge in [0.1, 0.15) is 12.4 Å². The molecule has 1 heterocycles. The normalized spacial score (nSPS) is 14.5. The second-order valence-electron chi connectivity index (χ2n) is 7.64. The van der Waals surface area contributed by atoms with E-state index in [4.69, 9.17) is 27.9 Å². The van der Waals surface area contributed by atoms with Gasteiger partial charge in [-0.2, -0.15) is 0 Å². The molecule has 1 saturated heterocycles. The van der Waals surface area contributed by atoms with Crippen LogP contribution in [0.3, 0.4) is 0 Å². The first-order valence-corrected chi connectivity index (χ1v) is 11.1. The number of hydrogen-bond donors (Lipinski definition) is 0. The second-order valence-corrected chi connectivity index (χ2v) is 8.51. The van der Waals surface area contributed by atoms with E-state index in [0.29, 0.717) is 17.2 Å². The first-order valence-electron chi connectivity index (χ1n) is 10.3. The average molecular weight is 455 g/mol. The van der Waals surface area contributed by atoms with E-state index in [1.54, 1.807) is 12.1 Å². The summed E-state index contributed by atoms with van der Waals surface area (Å²) in [7, 11) is 0. The molecule has 6 heteroatoms. The van der Waals surface area contributed by atoms with Crippen LogP contribution in [-0.4, -0.2) is 41.9 Å². The van der Waals surface area contributed by atoms with E-state index in [9.17, 15) is 4.79 Å². The molecule has 0 aliphatic carbocycles. The van der Waals surface area contributed by atoms with E-state index in [-0.39, 0.29) is 5.91 Å². The molecule has 4 rings (SSSR count). The number of carbonyl (C=O) groups is 1. The van der Waals surface area contributed by atoms with Crippen molar-refractivity contribution in [3.8, 4) is 5.75 Å². The third-order valence-electron chi connectivity index (χ3n) is 5.37. The molecule has 3 aromatic carbocycles. The van der Waals surface area contributed by atoms with Gasteiger partial charge in [-0.15, -0.1) is 0 Å². The Labute approximate surface area is 192 Å². The predicted molar refractivity (Wildman–Crippen MR) is 125 cm³/mol. The van der Waals surface area contributed by atoms with Crippen LogP contribution in [-0.2, 0) is 13.2 Å². The Balaban J connectivity index is 1.30. The van der Waals surface area contributed by atoms with Gasteiger partial charge in [-0.1, -0.05) is 47.5 Å². The summed E-state index contributed by atoms with van der Waals surface area (Å²) in [6.45, 7) is 4.42. The molecule has 0 unspecified atom stereocenters. The van der Waals surface area contributed by atoms with Crippen molar-refractivity contribution in [2.45, 2.75) is 13.2 Å². The molecule has 1 aliphatic rings. The molecule has 0 N–H and O–H groups in total. The van der Waals surface area contributed by atoms with Crippen LogP contribution in [0.2, 0.25) is 10.0 Å². The fourth-order valence-corrected chi connectivity index (χ4v) is 3.88. The number of carbonyl (C=O) groups excluding carboxylic acids is 1. The zero-order chi connectivity index (χ0) is 21.6. The number of piperazine rings is 1. The number of rotatable bonds is 6. The fourth-order valence-electron chi connectivity index (χ4n) is 3.63. The van der Waals surface area contributed by atoms with Gasteiger partial charge in [-0.05, 0) is 59.7 Å². The van der Waals surface area contributed by atoms with Gasteiger partial charge in [0.2, 0.25) is 0 Å². The summed E-state index contributed by atoms with van der Waals surface area (Å²) in [6.07, 6.45) is 0. The standard InChI is InChI=1S/C25H24Cl2N2O2/c26-22-6-4-19(5-7-22)17-28-12-14-29(15-13-28)25(30)21-3-1-2-20(16-21)18-31-24-10-8-23(27)9-11-24/h1-11,16H,12-15,17-18H2. The molecule has 3 aromatic rings. The van der Waals surface area contributed by atoms with Crippen LogP contribution in [0.4, 0.5) is 0 Å².